The number of benzene rings is 1. The van der Waals surface area contributed by atoms with Gasteiger partial charge in [0.25, 0.3) is 0 Å². The number of nitrogens with zero attached hydrogens (tertiary/aromatic N) is 1. The van der Waals surface area contributed by atoms with Crippen LogP contribution in [-0.2, 0) is 0 Å². The highest BCUT2D eigenvalue weighted by Crippen LogP contribution is 2.35. The molecule has 4 nitrogen and oxygen atoms in total. The second-order valence-electron chi connectivity index (χ2n) is 4.76. The maximum absolute atomic E-state index is 5.76. The Morgan fingerprint density at radius 3 is 2.75 bits per heavy atom. The highest BCUT2D eigenvalue weighted by Gasteiger charge is 2.18. The minimum Gasteiger partial charge on any atom is -0.490 e. The molecule has 0 bridgehead atoms. The van der Waals surface area contributed by atoms with Gasteiger partial charge in [0.05, 0.1) is 24.3 Å². The molecule has 0 spiro atoms. The van der Waals surface area contributed by atoms with Crippen LogP contribution in [-0.4, -0.2) is 25.2 Å². The van der Waals surface area contributed by atoms with Crippen molar-refractivity contribution in [2.24, 2.45) is 0 Å². The maximum Gasteiger partial charge on any atom is 0.161 e. The third-order valence-electron chi connectivity index (χ3n) is 3.32. The van der Waals surface area contributed by atoms with E-state index in [0.29, 0.717) is 6.61 Å². The maximum atomic E-state index is 5.76. The lowest BCUT2D eigenvalue weighted by atomic mass is 10.1. The summed E-state index contributed by atoms with van der Waals surface area (Å²) in [5, 5.41) is 4.42. The minimum atomic E-state index is 0.137. The van der Waals surface area contributed by atoms with Gasteiger partial charge in [0, 0.05) is 17.5 Å². The van der Waals surface area contributed by atoms with E-state index in [4.69, 9.17) is 9.47 Å². The van der Waals surface area contributed by atoms with Crippen LogP contribution in [0.5, 0.6) is 11.5 Å². The number of hydrogen-bond donors (Lipinski definition) is 1. The van der Waals surface area contributed by atoms with Gasteiger partial charge in [0.2, 0.25) is 0 Å². The number of ether oxygens (including phenoxy) is 2. The Bertz CT molecular complexity index is 597. The first-order valence-electron chi connectivity index (χ1n) is 6.77. The van der Waals surface area contributed by atoms with Gasteiger partial charge in [0.15, 0.2) is 11.5 Å². The zero-order valence-electron chi connectivity index (χ0n) is 11.7. The Morgan fingerprint density at radius 2 is 2.05 bits per heavy atom. The van der Waals surface area contributed by atoms with Gasteiger partial charge in [-0.2, -0.15) is 0 Å². The average molecular weight is 290 g/mol. The quantitative estimate of drug-likeness (QED) is 0.944. The van der Waals surface area contributed by atoms with Crippen LogP contribution in [0, 0.1) is 6.92 Å². The van der Waals surface area contributed by atoms with Gasteiger partial charge in [0.1, 0.15) is 0 Å². The molecule has 1 N–H and O–H groups in total. The second kappa shape index (κ2) is 5.81. The van der Waals surface area contributed by atoms with E-state index in [2.05, 4.69) is 22.4 Å². The lowest BCUT2D eigenvalue weighted by Gasteiger charge is -2.16. The SMILES string of the molecule is CNC(c1ccc2c(c1)OCCCO2)c1cnc(C)s1. The lowest BCUT2D eigenvalue weighted by molar-refractivity contribution is 0.297. The standard InChI is InChI=1S/C15H18N2O2S/c1-10-17-9-14(20-10)15(16-2)11-4-5-12-13(8-11)19-7-3-6-18-12/h4-5,8-9,15-16H,3,6-7H2,1-2H3. The predicted octanol–water partition coefficient (Wildman–Crippen LogP) is 2.92. The Balaban J connectivity index is 1.94. The van der Waals surface area contributed by atoms with Crippen LogP contribution in [0.25, 0.3) is 0 Å². The van der Waals surface area contributed by atoms with Crippen LogP contribution in [0.1, 0.15) is 27.9 Å². The first kappa shape index (κ1) is 13.4. The largest absolute Gasteiger partial charge is 0.490 e. The molecular weight excluding hydrogens is 272 g/mol. The molecule has 1 aliphatic rings. The van der Waals surface area contributed by atoms with E-state index in [-0.39, 0.29) is 6.04 Å². The number of rotatable bonds is 3. The Labute approximate surface area is 122 Å². The first-order chi connectivity index (χ1) is 9.78. The van der Waals surface area contributed by atoms with Crippen molar-refractivity contribution in [3.05, 3.63) is 39.8 Å². The minimum absolute atomic E-state index is 0.137. The van der Waals surface area contributed by atoms with E-state index < -0.39 is 0 Å². The zero-order chi connectivity index (χ0) is 13.9. The third-order valence-corrected chi connectivity index (χ3v) is 4.29. The topological polar surface area (TPSA) is 43.4 Å². The third kappa shape index (κ3) is 2.64. The Morgan fingerprint density at radius 1 is 1.25 bits per heavy atom. The molecule has 0 saturated carbocycles. The van der Waals surface area contributed by atoms with Crippen LogP contribution in [0.3, 0.4) is 0 Å². The van der Waals surface area contributed by atoms with Crippen molar-refractivity contribution in [3.8, 4) is 11.5 Å². The molecule has 5 heteroatoms. The van der Waals surface area contributed by atoms with Crippen molar-refractivity contribution in [1.29, 1.82) is 0 Å². The molecule has 20 heavy (non-hydrogen) atoms. The molecule has 0 aliphatic carbocycles. The number of hydrogen-bond acceptors (Lipinski definition) is 5. The molecule has 106 valence electrons. The van der Waals surface area contributed by atoms with Gasteiger partial charge >= 0.3 is 0 Å². The summed E-state index contributed by atoms with van der Waals surface area (Å²) >= 11 is 1.71. The normalized spacial score (nSPS) is 15.7. The summed E-state index contributed by atoms with van der Waals surface area (Å²) in [5.41, 5.74) is 1.17. The second-order valence-corrected chi connectivity index (χ2v) is 6.03. The summed E-state index contributed by atoms with van der Waals surface area (Å²) in [7, 11) is 1.96. The van der Waals surface area contributed by atoms with Crippen molar-refractivity contribution in [3.63, 3.8) is 0 Å². The first-order valence-corrected chi connectivity index (χ1v) is 7.58. The summed E-state index contributed by atoms with van der Waals surface area (Å²) < 4.78 is 11.4. The summed E-state index contributed by atoms with van der Waals surface area (Å²) in [6.07, 6.45) is 2.86. The molecule has 0 fully saturated rings. The van der Waals surface area contributed by atoms with E-state index >= 15 is 0 Å². The van der Waals surface area contributed by atoms with Gasteiger partial charge in [-0.15, -0.1) is 11.3 Å². The molecular formula is C15H18N2O2S. The molecule has 1 atom stereocenters. The predicted molar refractivity (Wildman–Crippen MR) is 79.8 cm³/mol. The highest BCUT2D eigenvalue weighted by molar-refractivity contribution is 7.11. The molecule has 1 unspecified atom stereocenters. The number of thiazole rings is 1. The molecule has 3 rings (SSSR count). The fourth-order valence-electron chi connectivity index (χ4n) is 2.34. The molecule has 2 heterocycles. The highest BCUT2D eigenvalue weighted by atomic mass is 32.1. The summed E-state index contributed by atoms with van der Waals surface area (Å²) in [6, 6.07) is 6.29. The van der Waals surface area contributed by atoms with Gasteiger partial charge in [-0.05, 0) is 31.7 Å². The number of nitrogens with one attached hydrogen (secondary N) is 1. The van der Waals surface area contributed by atoms with Crippen molar-refractivity contribution in [2.45, 2.75) is 19.4 Å². The average Bonchev–Trinajstić information content (AvgIpc) is 2.75. The van der Waals surface area contributed by atoms with Crippen LogP contribution < -0.4 is 14.8 Å². The zero-order valence-corrected chi connectivity index (χ0v) is 12.5. The molecule has 1 aromatic carbocycles. The van der Waals surface area contributed by atoms with Crippen LogP contribution in [0.4, 0.5) is 0 Å². The Kier molecular flexibility index (Phi) is 3.89. The van der Waals surface area contributed by atoms with Gasteiger partial charge in [-0.3, -0.25) is 0 Å². The van der Waals surface area contributed by atoms with Crippen LogP contribution >= 0.6 is 11.3 Å². The van der Waals surface area contributed by atoms with Crippen molar-refractivity contribution >= 4 is 11.3 Å². The molecule has 0 amide bonds. The molecule has 2 aromatic rings. The van der Waals surface area contributed by atoms with Gasteiger partial charge < -0.3 is 14.8 Å². The molecule has 0 radical (unpaired) electrons. The van der Waals surface area contributed by atoms with Gasteiger partial charge in [-0.1, -0.05) is 6.07 Å². The van der Waals surface area contributed by atoms with E-state index in [1.165, 1.54) is 10.4 Å². The van der Waals surface area contributed by atoms with Crippen molar-refractivity contribution in [1.82, 2.24) is 10.3 Å². The fraction of sp³-hybridized carbons (Fsp3) is 0.400. The summed E-state index contributed by atoms with van der Waals surface area (Å²) in [4.78, 5) is 5.54. The van der Waals surface area contributed by atoms with Crippen LogP contribution in [0.2, 0.25) is 0 Å². The van der Waals surface area contributed by atoms with E-state index in [1.54, 1.807) is 11.3 Å². The van der Waals surface area contributed by atoms with Gasteiger partial charge in [-0.25, -0.2) is 4.98 Å². The molecule has 0 saturated heterocycles. The summed E-state index contributed by atoms with van der Waals surface area (Å²) in [5.74, 6) is 1.67. The smallest absolute Gasteiger partial charge is 0.161 e. The van der Waals surface area contributed by atoms with Crippen molar-refractivity contribution in [2.75, 3.05) is 20.3 Å². The number of aromatic nitrogens is 1. The van der Waals surface area contributed by atoms with E-state index in [1.807, 2.05) is 26.2 Å². The van der Waals surface area contributed by atoms with Crippen LogP contribution in [0.15, 0.2) is 24.4 Å². The fourth-order valence-corrected chi connectivity index (χ4v) is 3.27. The summed E-state index contributed by atoms with van der Waals surface area (Å²) in [6.45, 7) is 3.45. The lowest BCUT2D eigenvalue weighted by Crippen LogP contribution is -2.16. The van der Waals surface area contributed by atoms with Crippen molar-refractivity contribution < 1.29 is 9.47 Å². The number of fused-ring (bicyclic) bond motifs is 1. The number of aryl methyl sites for hydroxylation is 1. The van der Waals surface area contributed by atoms with E-state index in [9.17, 15) is 0 Å². The molecule has 1 aliphatic heterocycles. The monoisotopic (exact) mass is 290 g/mol. The van der Waals surface area contributed by atoms with E-state index in [0.717, 1.165) is 29.5 Å². The molecule has 1 aromatic heterocycles. The Hall–Kier alpha value is -1.59.